The van der Waals surface area contributed by atoms with E-state index >= 15 is 0 Å². The zero-order valence-corrected chi connectivity index (χ0v) is 14.0. The molecule has 0 aliphatic carbocycles. The minimum absolute atomic E-state index is 0.0347. The molecule has 24 heavy (non-hydrogen) atoms. The zero-order chi connectivity index (χ0) is 17.9. The number of ether oxygens (including phenoxy) is 1. The van der Waals surface area contributed by atoms with Gasteiger partial charge in [0.1, 0.15) is 11.8 Å². The number of alkyl halides is 2. The Balaban J connectivity index is 2.36. The van der Waals surface area contributed by atoms with Crippen LogP contribution in [0.4, 0.5) is 14.5 Å². The molecule has 1 fully saturated rings. The second kappa shape index (κ2) is 7.59. The van der Waals surface area contributed by atoms with Gasteiger partial charge in [0.25, 0.3) is 6.43 Å². The van der Waals surface area contributed by atoms with Gasteiger partial charge >= 0.3 is 0 Å². The fourth-order valence-corrected chi connectivity index (χ4v) is 2.75. The van der Waals surface area contributed by atoms with Crippen molar-refractivity contribution in [3.63, 3.8) is 0 Å². The molecule has 132 valence electrons. The molecule has 2 unspecified atom stereocenters. The maximum Gasteiger partial charge on any atom is 0.264 e. The summed E-state index contributed by atoms with van der Waals surface area (Å²) in [4.78, 5) is 23.1. The van der Waals surface area contributed by atoms with Crippen molar-refractivity contribution in [3.05, 3.63) is 23.3 Å². The second-order valence-electron chi connectivity index (χ2n) is 5.94. The highest BCUT2D eigenvalue weighted by atomic mass is 19.3. The molecule has 0 spiro atoms. The quantitative estimate of drug-likeness (QED) is 0.779. The summed E-state index contributed by atoms with van der Waals surface area (Å²) in [5.74, 6) is -0.421. The number of hydrogen-bond donors (Lipinski definition) is 2. The van der Waals surface area contributed by atoms with Gasteiger partial charge in [-0.25, -0.2) is 8.78 Å². The number of amides is 2. The van der Waals surface area contributed by atoms with E-state index in [0.29, 0.717) is 23.4 Å². The SMILES string of the molecule is CCC(C)c1cc(OC)c(NC2CCC(=O)NC2=O)cc1C(F)F. The van der Waals surface area contributed by atoms with Gasteiger partial charge < -0.3 is 10.1 Å². The lowest BCUT2D eigenvalue weighted by Gasteiger charge is -2.25. The molecule has 0 saturated carbocycles. The predicted molar refractivity (Wildman–Crippen MR) is 86.5 cm³/mol. The maximum absolute atomic E-state index is 13.5. The molecule has 2 N–H and O–H groups in total. The van der Waals surface area contributed by atoms with Crippen LogP contribution in [0.2, 0.25) is 0 Å². The van der Waals surface area contributed by atoms with Gasteiger partial charge in [0.05, 0.1) is 12.8 Å². The van der Waals surface area contributed by atoms with Gasteiger partial charge in [0.2, 0.25) is 11.8 Å². The Morgan fingerprint density at radius 2 is 2.04 bits per heavy atom. The number of nitrogens with one attached hydrogen (secondary N) is 2. The van der Waals surface area contributed by atoms with Crippen LogP contribution in [0.3, 0.4) is 0 Å². The topological polar surface area (TPSA) is 67.4 Å². The Kier molecular flexibility index (Phi) is 5.75. The third-order valence-corrected chi connectivity index (χ3v) is 4.35. The molecular weight excluding hydrogens is 318 g/mol. The third kappa shape index (κ3) is 3.83. The number of halogens is 2. The smallest absolute Gasteiger partial charge is 0.264 e. The van der Waals surface area contributed by atoms with E-state index in [1.807, 2.05) is 13.8 Å². The average Bonchev–Trinajstić information content (AvgIpc) is 2.56. The lowest BCUT2D eigenvalue weighted by molar-refractivity contribution is -0.133. The summed E-state index contributed by atoms with van der Waals surface area (Å²) in [6.45, 7) is 3.82. The Hall–Kier alpha value is -2.18. The van der Waals surface area contributed by atoms with Gasteiger partial charge in [-0.3, -0.25) is 14.9 Å². The summed E-state index contributed by atoms with van der Waals surface area (Å²) < 4.78 is 32.2. The van der Waals surface area contributed by atoms with Crippen molar-refractivity contribution < 1.29 is 23.1 Å². The Bertz CT molecular complexity index is 635. The molecule has 0 radical (unpaired) electrons. The first kappa shape index (κ1) is 18.2. The molecular formula is C17H22F2N2O3. The average molecular weight is 340 g/mol. The maximum atomic E-state index is 13.5. The normalized spacial score (nSPS) is 19.2. The van der Waals surface area contributed by atoms with Crippen LogP contribution >= 0.6 is 0 Å². The number of benzene rings is 1. The van der Waals surface area contributed by atoms with Crippen molar-refractivity contribution in [2.24, 2.45) is 0 Å². The fourth-order valence-electron chi connectivity index (χ4n) is 2.75. The molecule has 0 bridgehead atoms. The van der Waals surface area contributed by atoms with Gasteiger partial charge in [0.15, 0.2) is 0 Å². The van der Waals surface area contributed by atoms with E-state index in [4.69, 9.17) is 4.74 Å². The summed E-state index contributed by atoms with van der Waals surface area (Å²) >= 11 is 0. The standard InChI is InChI=1S/C17H22F2N2O3/c1-4-9(2)10-8-14(24-3)13(7-11(10)16(18)19)20-12-5-6-15(22)21-17(12)23/h7-9,12,16,20H,4-6H2,1-3H3,(H,21,22,23). The molecule has 5 nitrogen and oxygen atoms in total. The van der Waals surface area contributed by atoms with Crippen LogP contribution in [-0.4, -0.2) is 25.0 Å². The summed E-state index contributed by atoms with van der Waals surface area (Å²) in [6, 6.07) is 2.29. The van der Waals surface area contributed by atoms with E-state index in [-0.39, 0.29) is 23.8 Å². The Morgan fingerprint density at radius 3 is 2.58 bits per heavy atom. The lowest BCUT2D eigenvalue weighted by atomic mass is 9.92. The van der Waals surface area contributed by atoms with Crippen LogP contribution in [0.1, 0.15) is 56.6 Å². The van der Waals surface area contributed by atoms with E-state index in [1.165, 1.54) is 13.2 Å². The van der Waals surface area contributed by atoms with E-state index < -0.39 is 18.4 Å². The third-order valence-electron chi connectivity index (χ3n) is 4.35. The molecule has 1 aliphatic rings. The predicted octanol–water partition coefficient (Wildman–Crippen LogP) is 3.36. The van der Waals surface area contributed by atoms with Crippen LogP contribution < -0.4 is 15.4 Å². The lowest BCUT2D eigenvalue weighted by Crippen LogP contribution is -2.47. The van der Waals surface area contributed by atoms with Crippen molar-refractivity contribution in [2.75, 3.05) is 12.4 Å². The van der Waals surface area contributed by atoms with Crippen molar-refractivity contribution in [1.29, 1.82) is 0 Å². The molecule has 0 aromatic heterocycles. The second-order valence-corrected chi connectivity index (χ2v) is 5.94. The first-order valence-corrected chi connectivity index (χ1v) is 7.97. The van der Waals surface area contributed by atoms with E-state index in [1.54, 1.807) is 6.07 Å². The highest BCUT2D eigenvalue weighted by Crippen LogP contribution is 2.38. The molecule has 1 aromatic carbocycles. The van der Waals surface area contributed by atoms with E-state index in [2.05, 4.69) is 10.6 Å². The number of hydrogen-bond acceptors (Lipinski definition) is 4. The molecule has 1 aliphatic heterocycles. The van der Waals surface area contributed by atoms with Gasteiger partial charge in [0, 0.05) is 12.0 Å². The first-order chi connectivity index (χ1) is 11.4. The van der Waals surface area contributed by atoms with E-state index in [0.717, 1.165) is 6.42 Å². The zero-order valence-electron chi connectivity index (χ0n) is 14.0. The fraction of sp³-hybridized carbons (Fsp3) is 0.529. The molecule has 1 saturated heterocycles. The number of carbonyl (C=O) groups excluding carboxylic acids is 2. The van der Waals surface area contributed by atoms with Crippen LogP contribution in [0.5, 0.6) is 5.75 Å². The van der Waals surface area contributed by atoms with Crippen LogP contribution in [-0.2, 0) is 9.59 Å². The van der Waals surface area contributed by atoms with Crippen LogP contribution in [0, 0.1) is 0 Å². The number of piperidine rings is 1. The van der Waals surface area contributed by atoms with Crippen LogP contribution in [0.25, 0.3) is 0 Å². The highest BCUT2D eigenvalue weighted by Gasteiger charge is 2.28. The minimum Gasteiger partial charge on any atom is -0.495 e. The van der Waals surface area contributed by atoms with Crippen molar-refractivity contribution in [2.45, 2.75) is 51.5 Å². The monoisotopic (exact) mass is 340 g/mol. The Labute approximate surface area is 139 Å². The molecule has 2 rings (SSSR count). The molecule has 7 heteroatoms. The first-order valence-electron chi connectivity index (χ1n) is 7.97. The number of imide groups is 1. The van der Waals surface area contributed by atoms with E-state index in [9.17, 15) is 18.4 Å². The Morgan fingerprint density at radius 1 is 1.33 bits per heavy atom. The van der Waals surface area contributed by atoms with Gasteiger partial charge in [-0.15, -0.1) is 0 Å². The summed E-state index contributed by atoms with van der Waals surface area (Å²) in [7, 11) is 1.45. The minimum atomic E-state index is -2.62. The summed E-state index contributed by atoms with van der Waals surface area (Å²) in [5, 5.41) is 5.16. The largest absolute Gasteiger partial charge is 0.495 e. The molecule has 1 heterocycles. The number of anilines is 1. The molecule has 2 atom stereocenters. The molecule has 2 amide bonds. The van der Waals surface area contributed by atoms with Crippen LogP contribution in [0.15, 0.2) is 12.1 Å². The highest BCUT2D eigenvalue weighted by molar-refractivity contribution is 6.01. The van der Waals surface area contributed by atoms with Gasteiger partial charge in [-0.05, 0) is 36.5 Å². The number of carbonyl (C=O) groups is 2. The van der Waals surface area contributed by atoms with Gasteiger partial charge in [-0.2, -0.15) is 0 Å². The number of rotatable bonds is 6. The van der Waals surface area contributed by atoms with Crippen molar-refractivity contribution in [1.82, 2.24) is 5.32 Å². The van der Waals surface area contributed by atoms with Gasteiger partial charge in [-0.1, -0.05) is 13.8 Å². The summed E-state index contributed by atoms with van der Waals surface area (Å²) in [6.07, 6.45) is -1.38. The molecule has 1 aromatic rings. The number of methoxy groups -OCH3 is 1. The van der Waals surface area contributed by atoms with Crippen molar-refractivity contribution >= 4 is 17.5 Å². The summed E-state index contributed by atoms with van der Waals surface area (Å²) in [5.41, 5.74) is 0.799. The van der Waals surface area contributed by atoms with Crippen molar-refractivity contribution in [3.8, 4) is 5.75 Å².